The molecule has 0 aromatic heterocycles. The molecule has 0 spiro atoms. The fraction of sp³-hybridized carbons (Fsp3) is 0.238. The molecule has 0 saturated carbocycles. The van der Waals surface area contributed by atoms with Gasteiger partial charge in [-0.05, 0) is 37.1 Å². The number of anilines is 1. The maximum Gasteiger partial charge on any atom is 0.281 e. The van der Waals surface area contributed by atoms with Gasteiger partial charge < -0.3 is 5.32 Å². The van der Waals surface area contributed by atoms with Crippen LogP contribution < -0.4 is 10.2 Å². The van der Waals surface area contributed by atoms with E-state index < -0.39 is 0 Å². The Morgan fingerprint density at radius 3 is 2.48 bits per heavy atom. The van der Waals surface area contributed by atoms with Crippen LogP contribution in [0.5, 0.6) is 0 Å². The third kappa shape index (κ3) is 3.97. The first kappa shape index (κ1) is 17.0. The van der Waals surface area contributed by atoms with Gasteiger partial charge >= 0.3 is 0 Å². The molecule has 1 amide bonds. The lowest BCUT2D eigenvalue weighted by Crippen LogP contribution is -2.32. The van der Waals surface area contributed by atoms with Crippen molar-refractivity contribution in [3.8, 4) is 0 Å². The third-order valence-corrected chi connectivity index (χ3v) is 4.07. The summed E-state index contributed by atoms with van der Waals surface area (Å²) in [4.78, 5) is 19.2. The van der Waals surface area contributed by atoms with Crippen molar-refractivity contribution in [1.82, 2.24) is 5.32 Å². The van der Waals surface area contributed by atoms with E-state index in [1.54, 1.807) is 4.90 Å². The highest BCUT2D eigenvalue weighted by molar-refractivity contribution is 6.29. The van der Waals surface area contributed by atoms with Gasteiger partial charge in [0.05, 0.1) is 5.69 Å². The van der Waals surface area contributed by atoms with Crippen LogP contribution in [0, 0.1) is 6.92 Å². The molecule has 2 aromatic rings. The number of carbonyl (C=O) groups excluding carboxylic acids is 1. The van der Waals surface area contributed by atoms with Gasteiger partial charge in [0.2, 0.25) is 5.96 Å². The van der Waals surface area contributed by atoms with Crippen molar-refractivity contribution in [2.45, 2.75) is 26.7 Å². The molecule has 1 heterocycles. The summed E-state index contributed by atoms with van der Waals surface area (Å²) < 4.78 is 0. The molecule has 1 N–H and O–H groups in total. The highest BCUT2D eigenvalue weighted by atomic mass is 16.2. The fourth-order valence-corrected chi connectivity index (χ4v) is 2.65. The Morgan fingerprint density at radius 2 is 1.80 bits per heavy atom. The smallest absolute Gasteiger partial charge is 0.281 e. The number of hydrogen-bond donors (Lipinski definition) is 1. The van der Waals surface area contributed by atoms with E-state index in [0.717, 1.165) is 29.7 Å². The fourth-order valence-electron chi connectivity index (χ4n) is 2.65. The van der Waals surface area contributed by atoms with Crippen molar-refractivity contribution in [3.05, 3.63) is 71.4 Å². The number of aryl methyl sites for hydroxylation is 1. The molecule has 2 aromatic carbocycles. The highest BCUT2D eigenvalue weighted by Gasteiger charge is 2.33. The number of rotatable bonds is 5. The Kier molecular flexibility index (Phi) is 5.29. The number of hydrogen-bond acceptors (Lipinski definition) is 2. The molecule has 0 unspecified atom stereocenters. The number of nitrogens with zero attached hydrogens (tertiary/aromatic N) is 2. The van der Waals surface area contributed by atoms with Gasteiger partial charge in [-0.25, -0.2) is 4.90 Å². The van der Waals surface area contributed by atoms with Gasteiger partial charge in [0.25, 0.3) is 5.91 Å². The normalized spacial score (nSPS) is 17.4. The Morgan fingerprint density at radius 1 is 1.08 bits per heavy atom. The van der Waals surface area contributed by atoms with Crippen LogP contribution in [0.4, 0.5) is 5.69 Å². The molecule has 0 atom stereocenters. The number of carbonyl (C=O) groups is 1. The van der Waals surface area contributed by atoms with Gasteiger partial charge in [-0.3, -0.25) is 9.79 Å². The summed E-state index contributed by atoms with van der Waals surface area (Å²) in [6.45, 7) is 4.86. The monoisotopic (exact) mass is 333 g/mol. The summed E-state index contributed by atoms with van der Waals surface area (Å²) in [7, 11) is 0. The van der Waals surface area contributed by atoms with E-state index in [1.807, 2.05) is 67.6 Å². The molecule has 4 nitrogen and oxygen atoms in total. The first-order chi connectivity index (χ1) is 12.2. The number of guanidine groups is 1. The number of unbranched alkanes of at least 4 members (excludes halogenated alkanes) is 1. The van der Waals surface area contributed by atoms with Gasteiger partial charge in [-0.1, -0.05) is 61.4 Å². The summed E-state index contributed by atoms with van der Waals surface area (Å²) in [6.07, 6.45) is 3.94. The molecular weight excluding hydrogens is 310 g/mol. The summed E-state index contributed by atoms with van der Waals surface area (Å²) in [5.41, 5.74) is 3.52. The molecule has 1 saturated heterocycles. The first-order valence-corrected chi connectivity index (χ1v) is 8.68. The van der Waals surface area contributed by atoms with Crippen LogP contribution in [0.15, 0.2) is 65.3 Å². The maximum absolute atomic E-state index is 13.0. The van der Waals surface area contributed by atoms with Crippen molar-refractivity contribution >= 4 is 23.6 Å². The molecule has 25 heavy (non-hydrogen) atoms. The minimum atomic E-state index is -0.0806. The van der Waals surface area contributed by atoms with Crippen LogP contribution in [0.25, 0.3) is 6.08 Å². The zero-order valence-corrected chi connectivity index (χ0v) is 14.7. The summed E-state index contributed by atoms with van der Waals surface area (Å²) in [5, 5.41) is 3.20. The van der Waals surface area contributed by atoms with Crippen LogP contribution in [0.2, 0.25) is 0 Å². The zero-order chi connectivity index (χ0) is 17.6. The van der Waals surface area contributed by atoms with Crippen LogP contribution in [-0.2, 0) is 4.79 Å². The highest BCUT2D eigenvalue weighted by Crippen LogP contribution is 2.23. The maximum atomic E-state index is 13.0. The molecule has 0 aliphatic carbocycles. The topological polar surface area (TPSA) is 44.7 Å². The number of amides is 1. The molecule has 0 bridgehead atoms. The molecule has 128 valence electrons. The SMILES string of the molecule is CCCCN=C1NC(=Cc2ccccc2)C(=O)N1c1ccc(C)cc1. The van der Waals surface area contributed by atoms with Crippen molar-refractivity contribution in [3.63, 3.8) is 0 Å². The van der Waals surface area contributed by atoms with Gasteiger partial charge in [-0.15, -0.1) is 0 Å². The average molecular weight is 333 g/mol. The van der Waals surface area contributed by atoms with E-state index in [-0.39, 0.29) is 5.91 Å². The second kappa shape index (κ2) is 7.79. The predicted molar refractivity (Wildman–Crippen MR) is 103 cm³/mol. The second-order valence-electron chi connectivity index (χ2n) is 6.13. The number of benzene rings is 2. The van der Waals surface area contributed by atoms with Gasteiger partial charge in [0, 0.05) is 6.54 Å². The van der Waals surface area contributed by atoms with E-state index in [2.05, 4.69) is 17.2 Å². The van der Waals surface area contributed by atoms with Crippen LogP contribution in [-0.4, -0.2) is 18.4 Å². The Bertz CT molecular complexity index is 792. The quantitative estimate of drug-likeness (QED) is 0.660. The lowest BCUT2D eigenvalue weighted by atomic mass is 10.2. The molecular formula is C21H23N3O. The number of nitrogens with one attached hydrogen (secondary N) is 1. The summed E-state index contributed by atoms with van der Waals surface area (Å²) in [5.74, 6) is 0.521. The van der Waals surface area contributed by atoms with Crippen molar-refractivity contribution in [1.29, 1.82) is 0 Å². The first-order valence-electron chi connectivity index (χ1n) is 8.68. The molecule has 4 heteroatoms. The number of aliphatic imine (C=N–C) groups is 1. The molecule has 0 radical (unpaired) electrons. The van der Waals surface area contributed by atoms with E-state index in [9.17, 15) is 4.79 Å². The predicted octanol–water partition coefficient (Wildman–Crippen LogP) is 4.13. The average Bonchev–Trinajstić information content (AvgIpc) is 2.93. The molecule has 1 fully saturated rings. The van der Waals surface area contributed by atoms with Crippen molar-refractivity contribution in [2.24, 2.45) is 4.99 Å². The van der Waals surface area contributed by atoms with E-state index in [4.69, 9.17) is 0 Å². The van der Waals surface area contributed by atoms with Crippen molar-refractivity contribution < 1.29 is 4.79 Å². The third-order valence-electron chi connectivity index (χ3n) is 4.07. The van der Waals surface area contributed by atoms with E-state index in [1.165, 1.54) is 0 Å². The Hall–Kier alpha value is -2.88. The lowest BCUT2D eigenvalue weighted by Gasteiger charge is -2.15. The van der Waals surface area contributed by atoms with Gasteiger partial charge in [0.15, 0.2) is 0 Å². The van der Waals surface area contributed by atoms with Crippen LogP contribution >= 0.6 is 0 Å². The molecule has 1 aliphatic rings. The summed E-state index contributed by atoms with van der Waals surface area (Å²) >= 11 is 0. The van der Waals surface area contributed by atoms with Crippen LogP contribution in [0.1, 0.15) is 30.9 Å². The Balaban J connectivity index is 1.95. The Labute approximate surface area is 148 Å². The van der Waals surface area contributed by atoms with Crippen LogP contribution in [0.3, 0.4) is 0 Å². The molecule has 3 rings (SSSR count). The standard InChI is InChI=1S/C21H23N3O/c1-3-4-14-22-21-23-19(15-17-8-6-5-7-9-17)20(25)24(21)18-12-10-16(2)11-13-18/h5-13,15H,3-4,14H2,1-2H3,(H,22,23). The largest absolute Gasteiger partial charge is 0.321 e. The molecule has 1 aliphatic heterocycles. The van der Waals surface area contributed by atoms with Gasteiger partial charge in [-0.2, -0.15) is 0 Å². The second-order valence-corrected chi connectivity index (χ2v) is 6.13. The van der Waals surface area contributed by atoms with Crippen molar-refractivity contribution in [2.75, 3.05) is 11.4 Å². The van der Waals surface area contributed by atoms with E-state index in [0.29, 0.717) is 18.2 Å². The van der Waals surface area contributed by atoms with Gasteiger partial charge in [0.1, 0.15) is 5.70 Å². The summed E-state index contributed by atoms with van der Waals surface area (Å²) in [6, 6.07) is 17.7. The van der Waals surface area contributed by atoms with E-state index >= 15 is 0 Å². The lowest BCUT2D eigenvalue weighted by molar-refractivity contribution is -0.113. The minimum absolute atomic E-state index is 0.0806. The minimum Gasteiger partial charge on any atom is -0.321 e. The zero-order valence-electron chi connectivity index (χ0n) is 14.7.